The van der Waals surface area contributed by atoms with Crippen LogP contribution in [0.1, 0.15) is 19.8 Å². The molecule has 12 heavy (non-hydrogen) atoms. The van der Waals surface area contributed by atoms with Crippen LogP contribution in [-0.2, 0) is 0 Å². The SMILES string of the molecule is CCCCN(C)c1nnc(N)o1. The highest BCUT2D eigenvalue weighted by Crippen LogP contribution is 2.11. The van der Waals surface area contributed by atoms with Gasteiger partial charge in [0.15, 0.2) is 0 Å². The van der Waals surface area contributed by atoms with E-state index >= 15 is 0 Å². The molecule has 0 aliphatic heterocycles. The van der Waals surface area contributed by atoms with Crippen LogP contribution in [-0.4, -0.2) is 23.8 Å². The summed E-state index contributed by atoms with van der Waals surface area (Å²) in [6.45, 7) is 3.05. The van der Waals surface area contributed by atoms with Crippen LogP contribution in [0.15, 0.2) is 4.42 Å². The Labute approximate surface area is 71.6 Å². The second-order valence-electron chi connectivity index (χ2n) is 2.70. The molecule has 0 radical (unpaired) electrons. The highest BCUT2D eigenvalue weighted by molar-refractivity contribution is 5.25. The summed E-state index contributed by atoms with van der Waals surface area (Å²) in [7, 11) is 1.91. The van der Waals surface area contributed by atoms with Crippen LogP contribution in [0.4, 0.5) is 12.0 Å². The molecule has 1 rings (SSSR count). The number of nitrogen functional groups attached to an aromatic ring is 1. The average Bonchev–Trinajstić information content (AvgIpc) is 2.47. The third-order valence-electron chi connectivity index (χ3n) is 1.60. The predicted octanol–water partition coefficient (Wildman–Crippen LogP) is 0.888. The maximum absolute atomic E-state index is 5.28. The first-order chi connectivity index (χ1) is 5.74. The number of nitrogens with two attached hydrogens (primary N) is 1. The summed E-state index contributed by atoms with van der Waals surface area (Å²) in [5.74, 6) is 0. The Bertz CT molecular complexity index is 235. The first-order valence-corrected chi connectivity index (χ1v) is 4.04. The van der Waals surface area contributed by atoms with Crippen LogP contribution in [0, 0.1) is 0 Å². The third-order valence-corrected chi connectivity index (χ3v) is 1.60. The second-order valence-corrected chi connectivity index (χ2v) is 2.70. The molecule has 5 heteroatoms. The van der Waals surface area contributed by atoms with E-state index in [-0.39, 0.29) is 6.01 Å². The third kappa shape index (κ3) is 2.11. The van der Waals surface area contributed by atoms with Gasteiger partial charge >= 0.3 is 12.0 Å². The van der Waals surface area contributed by atoms with E-state index in [1.807, 2.05) is 11.9 Å². The number of unbranched alkanes of at least 4 members (excludes halogenated alkanes) is 1. The van der Waals surface area contributed by atoms with Crippen LogP contribution in [0.2, 0.25) is 0 Å². The second kappa shape index (κ2) is 3.94. The zero-order valence-electron chi connectivity index (χ0n) is 7.45. The number of nitrogens with zero attached hydrogens (tertiary/aromatic N) is 3. The van der Waals surface area contributed by atoms with E-state index in [2.05, 4.69) is 17.1 Å². The summed E-state index contributed by atoms with van der Waals surface area (Å²) in [5.41, 5.74) is 5.28. The lowest BCUT2D eigenvalue weighted by Crippen LogP contribution is -2.18. The molecule has 0 saturated carbocycles. The van der Waals surface area contributed by atoms with Gasteiger partial charge in [-0.25, -0.2) is 0 Å². The molecule has 0 atom stereocenters. The van der Waals surface area contributed by atoms with E-state index < -0.39 is 0 Å². The Morgan fingerprint density at radius 2 is 2.25 bits per heavy atom. The van der Waals surface area contributed by atoms with E-state index in [1.54, 1.807) is 0 Å². The highest BCUT2D eigenvalue weighted by Gasteiger charge is 2.06. The molecular formula is C7H14N4O. The molecule has 0 aromatic carbocycles. The van der Waals surface area contributed by atoms with Crippen LogP contribution in [0.25, 0.3) is 0 Å². The maximum atomic E-state index is 5.28. The fourth-order valence-electron chi connectivity index (χ4n) is 0.872. The molecule has 5 nitrogen and oxygen atoms in total. The normalized spacial score (nSPS) is 10.2. The van der Waals surface area contributed by atoms with Crippen molar-refractivity contribution in [3.8, 4) is 0 Å². The fourth-order valence-corrected chi connectivity index (χ4v) is 0.872. The number of aromatic nitrogens is 2. The van der Waals surface area contributed by atoms with Gasteiger partial charge in [0.05, 0.1) is 0 Å². The molecule has 1 aromatic heterocycles. The molecule has 0 unspecified atom stereocenters. The molecule has 2 N–H and O–H groups in total. The Hall–Kier alpha value is -1.26. The Balaban J connectivity index is 2.47. The largest absolute Gasteiger partial charge is 0.390 e. The van der Waals surface area contributed by atoms with Gasteiger partial charge in [0.25, 0.3) is 0 Å². The lowest BCUT2D eigenvalue weighted by Gasteiger charge is -2.11. The van der Waals surface area contributed by atoms with Crippen molar-refractivity contribution in [2.45, 2.75) is 19.8 Å². The Morgan fingerprint density at radius 3 is 2.75 bits per heavy atom. The molecule has 1 heterocycles. The lowest BCUT2D eigenvalue weighted by atomic mass is 10.3. The molecule has 0 spiro atoms. The van der Waals surface area contributed by atoms with Crippen molar-refractivity contribution in [3.63, 3.8) is 0 Å². The summed E-state index contributed by atoms with van der Waals surface area (Å²) >= 11 is 0. The molecule has 0 fully saturated rings. The van der Waals surface area contributed by atoms with Crippen LogP contribution < -0.4 is 10.6 Å². The first kappa shape index (κ1) is 8.83. The van der Waals surface area contributed by atoms with Gasteiger partial charge in [-0.1, -0.05) is 23.5 Å². The van der Waals surface area contributed by atoms with Crippen molar-refractivity contribution >= 4 is 12.0 Å². The zero-order chi connectivity index (χ0) is 8.97. The minimum Gasteiger partial charge on any atom is -0.390 e. The summed E-state index contributed by atoms with van der Waals surface area (Å²) in [4.78, 5) is 1.90. The molecule has 0 aliphatic rings. The molecule has 0 amide bonds. The minimum absolute atomic E-state index is 0.119. The van der Waals surface area contributed by atoms with Crippen LogP contribution >= 0.6 is 0 Å². The fraction of sp³-hybridized carbons (Fsp3) is 0.714. The zero-order valence-corrected chi connectivity index (χ0v) is 7.45. The van der Waals surface area contributed by atoms with Crippen molar-refractivity contribution in [1.29, 1.82) is 0 Å². The van der Waals surface area contributed by atoms with E-state index in [0.29, 0.717) is 6.01 Å². The lowest BCUT2D eigenvalue weighted by molar-refractivity contribution is 0.555. The molecule has 0 bridgehead atoms. The number of hydrogen-bond donors (Lipinski definition) is 1. The van der Waals surface area contributed by atoms with Crippen molar-refractivity contribution in [1.82, 2.24) is 10.2 Å². The van der Waals surface area contributed by atoms with Crippen molar-refractivity contribution in [2.75, 3.05) is 24.2 Å². The summed E-state index contributed by atoms with van der Waals surface area (Å²) in [6, 6.07) is 0.606. The predicted molar refractivity (Wildman–Crippen MR) is 46.9 cm³/mol. The number of anilines is 2. The van der Waals surface area contributed by atoms with Gasteiger partial charge in [-0.3, -0.25) is 0 Å². The van der Waals surface area contributed by atoms with E-state index in [4.69, 9.17) is 10.2 Å². The van der Waals surface area contributed by atoms with Crippen molar-refractivity contribution < 1.29 is 4.42 Å². The molecule has 1 aromatic rings. The van der Waals surface area contributed by atoms with Gasteiger partial charge in [0.1, 0.15) is 0 Å². The Morgan fingerprint density at radius 1 is 1.50 bits per heavy atom. The Kier molecular flexibility index (Phi) is 2.90. The van der Waals surface area contributed by atoms with Gasteiger partial charge in [-0.2, -0.15) is 0 Å². The summed E-state index contributed by atoms with van der Waals surface area (Å²) in [5, 5.41) is 7.32. The van der Waals surface area contributed by atoms with Crippen LogP contribution in [0.5, 0.6) is 0 Å². The van der Waals surface area contributed by atoms with Crippen molar-refractivity contribution in [3.05, 3.63) is 0 Å². The van der Waals surface area contributed by atoms with Gasteiger partial charge in [0, 0.05) is 13.6 Å². The molecule has 0 saturated heterocycles. The number of rotatable bonds is 4. The van der Waals surface area contributed by atoms with Gasteiger partial charge in [-0.05, 0) is 6.42 Å². The topological polar surface area (TPSA) is 68.2 Å². The van der Waals surface area contributed by atoms with Gasteiger partial charge in [-0.15, -0.1) is 0 Å². The monoisotopic (exact) mass is 170 g/mol. The van der Waals surface area contributed by atoms with Gasteiger partial charge in [0.2, 0.25) is 0 Å². The smallest absolute Gasteiger partial charge is 0.319 e. The maximum Gasteiger partial charge on any atom is 0.319 e. The molecular weight excluding hydrogens is 156 g/mol. The highest BCUT2D eigenvalue weighted by atomic mass is 16.4. The van der Waals surface area contributed by atoms with E-state index in [1.165, 1.54) is 0 Å². The van der Waals surface area contributed by atoms with Crippen molar-refractivity contribution in [2.24, 2.45) is 0 Å². The summed E-state index contributed by atoms with van der Waals surface area (Å²) in [6.07, 6.45) is 2.26. The van der Waals surface area contributed by atoms with Crippen LogP contribution in [0.3, 0.4) is 0 Å². The van der Waals surface area contributed by atoms with Gasteiger partial charge < -0.3 is 15.1 Å². The summed E-state index contributed by atoms with van der Waals surface area (Å²) < 4.78 is 5.02. The standard InChI is InChI=1S/C7H14N4O/c1-3-4-5-11(2)7-10-9-6(8)12-7/h3-5H2,1-2H3,(H2,8,9). The molecule has 68 valence electrons. The minimum atomic E-state index is 0.119. The number of hydrogen-bond acceptors (Lipinski definition) is 5. The quantitative estimate of drug-likeness (QED) is 0.726. The first-order valence-electron chi connectivity index (χ1n) is 4.04. The molecule has 0 aliphatic carbocycles. The van der Waals surface area contributed by atoms with E-state index in [0.717, 1.165) is 19.4 Å². The van der Waals surface area contributed by atoms with E-state index in [9.17, 15) is 0 Å². The average molecular weight is 170 g/mol.